The van der Waals surface area contributed by atoms with Gasteiger partial charge in [-0.3, -0.25) is 4.79 Å². The van der Waals surface area contributed by atoms with Gasteiger partial charge < -0.3 is 0 Å². The zero-order valence-corrected chi connectivity index (χ0v) is 9.99. The van der Waals surface area contributed by atoms with E-state index in [1.54, 1.807) is 25.1 Å². The number of benzene rings is 1. The molecule has 1 aliphatic rings. The van der Waals surface area contributed by atoms with Gasteiger partial charge in [0.25, 0.3) is 15.9 Å². The van der Waals surface area contributed by atoms with Crippen LogP contribution in [0, 0.1) is 0 Å². The van der Waals surface area contributed by atoms with E-state index in [0.29, 0.717) is 6.42 Å². The highest BCUT2D eigenvalue weighted by atomic mass is 32.2. The summed E-state index contributed by atoms with van der Waals surface area (Å²) in [4.78, 5) is 12.1. The van der Waals surface area contributed by atoms with E-state index in [4.69, 9.17) is 0 Å². The predicted molar refractivity (Wildman–Crippen MR) is 59.6 cm³/mol. The molecule has 16 heavy (non-hydrogen) atoms. The Morgan fingerprint density at radius 1 is 1.31 bits per heavy atom. The number of hydrogen-bond donors (Lipinski definition) is 0. The van der Waals surface area contributed by atoms with Crippen LogP contribution in [0.4, 0.5) is 0 Å². The number of amides is 1. The first kappa shape index (κ1) is 11.1. The molecule has 0 bridgehead atoms. The lowest BCUT2D eigenvalue weighted by Crippen LogP contribution is -2.37. The summed E-state index contributed by atoms with van der Waals surface area (Å²) in [7, 11) is -3.62. The van der Waals surface area contributed by atoms with Crippen LogP contribution in [0.3, 0.4) is 0 Å². The summed E-state index contributed by atoms with van der Waals surface area (Å²) in [6, 6.07) is 6.03. The molecular formula is C11H13NO3S. The summed E-state index contributed by atoms with van der Waals surface area (Å²) in [5.41, 5.74) is 0.280. The third-order valence-electron chi connectivity index (χ3n) is 2.85. The lowest BCUT2D eigenvalue weighted by Gasteiger charge is -2.21. The number of fused-ring (bicyclic) bond motifs is 1. The first-order valence-corrected chi connectivity index (χ1v) is 6.62. The van der Waals surface area contributed by atoms with Gasteiger partial charge in [0.2, 0.25) is 0 Å². The fourth-order valence-electron chi connectivity index (χ4n) is 1.80. The Morgan fingerprint density at radius 2 is 1.94 bits per heavy atom. The van der Waals surface area contributed by atoms with Crippen molar-refractivity contribution in [1.29, 1.82) is 0 Å². The van der Waals surface area contributed by atoms with Crippen molar-refractivity contribution in [3.8, 4) is 0 Å². The number of carbonyl (C=O) groups excluding carboxylic acids is 1. The van der Waals surface area contributed by atoms with Gasteiger partial charge >= 0.3 is 0 Å². The molecule has 0 unspecified atom stereocenters. The monoisotopic (exact) mass is 239 g/mol. The molecule has 0 fully saturated rings. The summed E-state index contributed by atoms with van der Waals surface area (Å²) >= 11 is 0. The Kier molecular flexibility index (Phi) is 2.50. The van der Waals surface area contributed by atoms with Gasteiger partial charge in [0.15, 0.2) is 0 Å². The van der Waals surface area contributed by atoms with Crippen LogP contribution >= 0.6 is 0 Å². The van der Waals surface area contributed by atoms with Crippen molar-refractivity contribution in [1.82, 2.24) is 4.31 Å². The number of sulfonamides is 1. The molecular weight excluding hydrogens is 226 g/mol. The van der Waals surface area contributed by atoms with Gasteiger partial charge in [0.05, 0.1) is 5.56 Å². The van der Waals surface area contributed by atoms with Gasteiger partial charge in [-0.1, -0.05) is 19.1 Å². The van der Waals surface area contributed by atoms with Crippen LogP contribution in [0.25, 0.3) is 0 Å². The van der Waals surface area contributed by atoms with E-state index >= 15 is 0 Å². The van der Waals surface area contributed by atoms with Gasteiger partial charge in [-0.05, 0) is 25.5 Å². The highest BCUT2D eigenvalue weighted by Crippen LogP contribution is 2.32. The second-order valence-corrected chi connectivity index (χ2v) is 5.64. The van der Waals surface area contributed by atoms with Crippen molar-refractivity contribution < 1.29 is 13.2 Å². The second kappa shape index (κ2) is 3.59. The number of hydrogen-bond acceptors (Lipinski definition) is 3. The number of nitrogens with zero attached hydrogens (tertiary/aromatic N) is 1. The second-order valence-electron chi connectivity index (χ2n) is 3.86. The van der Waals surface area contributed by atoms with Crippen molar-refractivity contribution in [2.45, 2.75) is 31.2 Å². The maximum absolute atomic E-state index is 12.1. The lowest BCUT2D eigenvalue weighted by molar-refractivity contribution is 0.0837. The van der Waals surface area contributed by atoms with E-state index in [1.807, 2.05) is 6.92 Å². The number of carbonyl (C=O) groups is 1. The summed E-state index contributed by atoms with van der Waals surface area (Å²) in [5.74, 6) is -0.412. The minimum atomic E-state index is -3.62. The molecule has 1 atom stereocenters. The largest absolute Gasteiger partial charge is 0.269 e. The molecule has 1 heterocycles. The molecule has 1 aliphatic heterocycles. The SMILES string of the molecule is CC[C@H](C)N1C(=O)c2ccccc2S1(=O)=O. The van der Waals surface area contributed by atoms with Gasteiger partial charge in [-0.25, -0.2) is 12.7 Å². The van der Waals surface area contributed by atoms with E-state index in [0.717, 1.165) is 4.31 Å². The molecule has 1 aromatic carbocycles. The van der Waals surface area contributed by atoms with Crippen molar-refractivity contribution >= 4 is 15.9 Å². The third kappa shape index (κ3) is 1.35. The Morgan fingerprint density at radius 3 is 2.50 bits per heavy atom. The molecule has 1 aromatic rings. The molecule has 0 saturated heterocycles. The van der Waals surface area contributed by atoms with Crippen molar-refractivity contribution in [3.63, 3.8) is 0 Å². The maximum Gasteiger partial charge on any atom is 0.269 e. The molecule has 4 nitrogen and oxygen atoms in total. The first-order valence-electron chi connectivity index (χ1n) is 5.18. The molecule has 86 valence electrons. The fourth-order valence-corrected chi connectivity index (χ4v) is 3.64. The van der Waals surface area contributed by atoms with Crippen LogP contribution in [0.15, 0.2) is 29.2 Å². The summed E-state index contributed by atoms with van der Waals surface area (Å²) in [6.45, 7) is 3.60. The van der Waals surface area contributed by atoms with Crippen molar-refractivity contribution in [2.24, 2.45) is 0 Å². The Balaban J connectivity index is 2.63. The van der Waals surface area contributed by atoms with Gasteiger partial charge in [0.1, 0.15) is 4.90 Å². The molecule has 1 amide bonds. The minimum absolute atomic E-state index is 0.125. The molecule has 0 aromatic heterocycles. The summed E-state index contributed by atoms with van der Waals surface area (Å²) in [6.07, 6.45) is 0.610. The minimum Gasteiger partial charge on any atom is -0.268 e. The topological polar surface area (TPSA) is 54.5 Å². The van der Waals surface area contributed by atoms with E-state index < -0.39 is 15.9 Å². The Bertz CT molecular complexity index is 536. The molecule has 2 rings (SSSR count). The Hall–Kier alpha value is -1.36. The normalized spacial score (nSPS) is 19.6. The molecule has 0 aliphatic carbocycles. The van der Waals surface area contributed by atoms with Crippen LogP contribution in [0.2, 0.25) is 0 Å². The summed E-state index contributed by atoms with van der Waals surface area (Å²) in [5, 5.41) is 0. The Labute approximate surface area is 94.9 Å². The molecule has 0 saturated carbocycles. The van der Waals surface area contributed by atoms with E-state index in [9.17, 15) is 13.2 Å². The molecule has 0 radical (unpaired) electrons. The van der Waals surface area contributed by atoms with Crippen LogP contribution < -0.4 is 0 Å². The van der Waals surface area contributed by atoms with E-state index in [1.165, 1.54) is 6.07 Å². The van der Waals surface area contributed by atoms with Gasteiger partial charge in [-0.15, -0.1) is 0 Å². The number of rotatable bonds is 2. The quantitative estimate of drug-likeness (QED) is 0.788. The molecule has 5 heteroatoms. The van der Waals surface area contributed by atoms with Crippen LogP contribution in [0.5, 0.6) is 0 Å². The van der Waals surface area contributed by atoms with Crippen molar-refractivity contribution in [2.75, 3.05) is 0 Å². The molecule has 0 spiro atoms. The zero-order valence-electron chi connectivity index (χ0n) is 9.17. The maximum atomic E-state index is 12.1. The summed E-state index contributed by atoms with van der Waals surface area (Å²) < 4.78 is 25.2. The van der Waals surface area contributed by atoms with Gasteiger partial charge in [0, 0.05) is 6.04 Å². The average molecular weight is 239 g/mol. The standard InChI is InChI=1S/C11H13NO3S/c1-3-8(2)12-11(13)9-6-4-5-7-10(9)16(12,14)15/h4-8H,3H2,1-2H3/t8-/m0/s1. The first-order chi connectivity index (χ1) is 7.50. The third-order valence-corrected chi connectivity index (χ3v) is 4.80. The van der Waals surface area contributed by atoms with Crippen LogP contribution in [-0.4, -0.2) is 24.7 Å². The smallest absolute Gasteiger partial charge is 0.268 e. The van der Waals surface area contributed by atoms with Crippen LogP contribution in [0.1, 0.15) is 30.6 Å². The van der Waals surface area contributed by atoms with E-state index in [-0.39, 0.29) is 16.5 Å². The molecule has 0 N–H and O–H groups in total. The van der Waals surface area contributed by atoms with Crippen LogP contribution in [-0.2, 0) is 10.0 Å². The van der Waals surface area contributed by atoms with E-state index in [2.05, 4.69) is 0 Å². The highest BCUT2D eigenvalue weighted by molar-refractivity contribution is 7.90. The lowest BCUT2D eigenvalue weighted by atomic mass is 10.2. The predicted octanol–water partition coefficient (Wildman–Crippen LogP) is 1.63. The highest BCUT2D eigenvalue weighted by Gasteiger charge is 2.42. The fraction of sp³-hybridized carbons (Fsp3) is 0.364. The zero-order chi connectivity index (χ0) is 11.9. The average Bonchev–Trinajstić information content (AvgIpc) is 2.47. The van der Waals surface area contributed by atoms with Gasteiger partial charge in [-0.2, -0.15) is 0 Å². The van der Waals surface area contributed by atoms with Crippen molar-refractivity contribution in [3.05, 3.63) is 29.8 Å².